The number of carbonyl (C=O) groups is 1. The van der Waals surface area contributed by atoms with E-state index in [9.17, 15) is 9.18 Å². The predicted octanol–water partition coefficient (Wildman–Crippen LogP) is 4.57. The molecular formula is C23H29FN2O2. The molecule has 150 valence electrons. The highest BCUT2D eigenvalue weighted by molar-refractivity contribution is 5.88. The van der Waals surface area contributed by atoms with E-state index in [0.717, 1.165) is 50.1 Å². The highest BCUT2D eigenvalue weighted by Crippen LogP contribution is 2.41. The van der Waals surface area contributed by atoms with Crippen LogP contribution in [0.5, 0.6) is 0 Å². The van der Waals surface area contributed by atoms with Crippen LogP contribution in [-0.2, 0) is 10.2 Å². The van der Waals surface area contributed by atoms with Crippen molar-refractivity contribution >= 4 is 5.91 Å². The normalized spacial score (nSPS) is 20.8. The van der Waals surface area contributed by atoms with Crippen LogP contribution in [-0.4, -0.2) is 30.4 Å². The number of rotatable bonds is 6. The first-order valence-corrected chi connectivity index (χ1v) is 10.5. The summed E-state index contributed by atoms with van der Waals surface area (Å²) < 4.78 is 19.1. The Bertz CT molecular complexity index is 760. The number of furan rings is 1. The van der Waals surface area contributed by atoms with Gasteiger partial charge in [0.2, 0.25) is 5.91 Å². The molecule has 2 aliphatic rings. The van der Waals surface area contributed by atoms with Crippen LogP contribution in [0.15, 0.2) is 47.1 Å². The first kappa shape index (κ1) is 19.2. The molecule has 1 amide bonds. The number of nitrogens with one attached hydrogen (secondary N) is 1. The number of carbonyl (C=O) groups excluding carboxylic acids is 1. The van der Waals surface area contributed by atoms with Gasteiger partial charge in [-0.15, -0.1) is 0 Å². The fraction of sp³-hybridized carbons (Fsp3) is 0.522. The Labute approximate surface area is 166 Å². The van der Waals surface area contributed by atoms with Crippen molar-refractivity contribution in [2.45, 2.75) is 56.4 Å². The maximum absolute atomic E-state index is 13.4. The van der Waals surface area contributed by atoms with E-state index < -0.39 is 5.41 Å². The van der Waals surface area contributed by atoms with Gasteiger partial charge in [-0.2, -0.15) is 0 Å². The van der Waals surface area contributed by atoms with Crippen molar-refractivity contribution < 1.29 is 13.6 Å². The van der Waals surface area contributed by atoms with Gasteiger partial charge in [0.05, 0.1) is 17.7 Å². The van der Waals surface area contributed by atoms with E-state index in [0.29, 0.717) is 6.54 Å². The van der Waals surface area contributed by atoms with Gasteiger partial charge in [-0.25, -0.2) is 4.39 Å². The van der Waals surface area contributed by atoms with E-state index in [1.807, 2.05) is 12.1 Å². The van der Waals surface area contributed by atoms with Crippen molar-refractivity contribution in [1.29, 1.82) is 0 Å². The lowest BCUT2D eigenvalue weighted by molar-refractivity contribution is -0.127. The second-order valence-corrected chi connectivity index (χ2v) is 8.13. The molecule has 0 bridgehead atoms. The molecule has 4 rings (SSSR count). The molecule has 2 fully saturated rings. The number of benzene rings is 1. The third-order valence-corrected chi connectivity index (χ3v) is 6.45. The zero-order chi connectivity index (χ0) is 19.4. The fourth-order valence-corrected chi connectivity index (χ4v) is 4.87. The van der Waals surface area contributed by atoms with Crippen LogP contribution in [0.25, 0.3) is 0 Å². The van der Waals surface area contributed by atoms with Crippen LogP contribution in [0.4, 0.5) is 4.39 Å². The molecule has 2 aromatic rings. The Morgan fingerprint density at radius 1 is 1.07 bits per heavy atom. The largest absolute Gasteiger partial charge is 0.468 e. The Balaban J connectivity index is 1.51. The smallest absolute Gasteiger partial charge is 0.230 e. The summed E-state index contributed by atoms with van der Waals surface area (Å²) in [5.74, 6) is 0.704. The Morgan fingerprint density at radius 2 is 1.79 bits per heavy atom. The van der Waals surface area contributed by atoms with Crippen LogP contribution in [0.3, 0.4) is 0 Å². The number of halogens is 1. The van der Waals surface area contributed by atoms with Crippen LogP contribution in [0.2, 0.25) is 0 Å². The van der Waals surface area contributed by atoms with E-state index in [1.54, 1.807) is 18.4 Å². The first-order valence-electron chi connectivity index (χ1n) is 10.5. The van der Waals surface area contributed by atoms with Gasteiger partial charge in [-0.05, 0) is 68.6 Å². The van der Waals surface area contributed by atoms with Gasteiger partial charge in [0.1, 0.15) is 11.6 Å². The van der Waals surface area contributed by atoms with Crippen molar-refractivity contribution in [3.63, 3.8) is 0 Å². The molecule has 1 unspecified atom stereocenters. The number of hydrogen-bond donors (Lipinski definition) is 1. The minimum absolute atomic E-state index is 0.0603. The summed E-state index contributed by atoms with van der Waals surface area (Å²) in [5.41, 5.74) is 0.389. The van der Waals surface area contributed by atoms with Gasteiger partial charge >= 0.3 is 0 Å². The van der Waals surface area contributed by atoms with Gasteiger partial charge in [0, 0.05) is 6.54 Å². The molecule has 1 aliphatic carbocycles. The summed E-state index contributed by atoms with van der Waals surface area (Å²) in [5, 5.41) is 3.23. The molecule has 1 saturated carbocycles. The third-order valence-electron chi connectivity index (χ3n) is 6.45. The average molecular weight is 384 g/mol. The summed E-state index contributed by atoms with van der Waals surface area (Å²) in [6.07, 6.45) is 9.03. The lowest BCUT2D eigenvalue weighted by Crippen LogP contribution is -2.47. The van der Waals surface area contributed by atoms with Gasteiger partial charge < -0.3 is 9.73 Å². The maximum atomic E-state index is 13.4. The summed E-state index contributed by atoms with van der Waals surface area (Å²) in [4.78, 5) is 15.8. The summed E-state index contributed by atoms with van der Waals surface area (Å²) in [6.45, 7) is 2.60. The van der Waals surface area contributed by atoms with E-state index >= 15 is 0 Å². The number of nitrogens with zero attached hydrogens (tertiary/aromatic N) is 1. The Morgan fingerprint density at radius 3 is 2.43 bits per heavy atom. The predicted molar refractivity (Wildman–Crippen MR) is 106 cm³/mol. The van der Waals surface area contributed by atoms with Crippen molar-refractivity contribution in [1.82, 2.24) is 10.2 Å². The van der Waals surface area contributed by atoms with Crippen LogP contribution < -0.4 is 5.32 Å². The molecule has 4 nitrogen and oxygen atoms in total. The molecule has 5 heteroatoms. The van der Waals surface area contributed by atoms with Gasteiger partial charge in [-0.1, -0.05) is 31.4 Å². The zero-order valence-electron chi connectivity index (χ0n) is 16.3. The van der Waals surface area contributed by atoms with Crippen LogP contribution in [0, 0.1) is 5.82 Å². The Kier molecular flexibility index (Phi) is 5.81. The number of piperidine rings is 1. The molecule has 1 aromatic carbocycles. The molecule has 0 spiro atoms. The van der Waals surface area contributed by atoms with E-state index in [-0.39, 0.29) is 17.8 Å². The van der Waals surface area contributed by atoms with Crippen LogP contribution >= 0.6 is 0 Å². The number of hydrogen-bond acceptors (Lipinski definition) is 3. The Hall–Kier alpha value is -2.14. The lowest BCUT2D eigenvalue weighted by Gasteiger charge is -2.35. The first-order chi connectivity index (χ1) is 13.7. The summed E-state index contributed by atoms with van der Waals surface area (Å²) in [7, 11) is 0. The fourth-order valence-electron chi connectivity index (χ4n) is 4.87. The van der Waals surface area contributed by atoms with Gasteiger partial charge in [0.15, 0.2) is 0 Å². The molecule has 1 atom stereocenters. The minimum atomic E-state index is -0.538. The van der Waals surface area contributed by atoms with E-state index in [2.05, 4.69) is 10.2 Å². The second kappa shape index (κ2) is 8.48. The topological polar surface area (TPSA) is 45.5 Å². The molecule has 1 aliphatic heterocycles. The lowest BCUT2D eigenvalue weighted by atomic mass is 9.78. The van der Waals surface area contributed by atoms with E-state index in [4.69, 9.17) is 4.42 Å². The summed E-state index contributed by atoms with van der Waals surface area (Å²) >= 11 is 0. The highest BCUT2D eigenvalue weighted by Gasteiger charge is 2.43. The standard InChI is InChI=1S/C23H29FN2O2/c24-19-10-8-18(9-11-19)23(12-2-3-13-23)22(27)25-17-20(21-7-6-16-28-21)26-14-4-1-5-15-26/h6-11,16,20H,1-5,12-15,17H2,(H,25,27). The molecule has 1 aromatic heterocycles. The molecule has 28 heavy (non-hydrogen) atoms. The number of likely N-dealkylation sites (tertiary alicyclic amines) is 1. The number of amides is 1. The zero-order valence-corrected chi connectivity index (χ0v) is 16.3. The summed E-state index contributed by atoms with van der Waals surface area (Å²) in [6, 6.07) is 10.4. The second-order valence-electron chi connectivity index (χ2n) is 8.13. The molecule has 1 saturated heterocycles. The molecule has 0 radical (unpaired) electrons. The third kappa shape index (κ3) is 3.86. The van der Waals surface area contributed by atoms with Crippen molar-refractivity contribution in [2.24, 2.45) is 0 Å². The molecule has 2 heterocycles. The van der Waals surface area contributed by atoms with Gasteiger partial charge in [0.25, 0.3) is 0 Å². The van der Waals surface area contributed by atoms with Crippen molar-refractivity contribution in [2.75, 3.05) is 19.6 Å². The molecule has 1 N–H and O–H groups in total. The van der Waals surface area contributed by atoms with Crippen molar-refractivity contribution in [3.8, 4) is 0 Å². The molecular weight excluding hydrogens is 355 g/mol. The minimum Gasteiger partial charge on any atom is -0.468 e. The maximum Gasteiger partial charge on any atom is 0.230 e. The highest BCUT2D eigenvalue weighted by atomic mass is 19.1. The van der Waals surface area contributed by atoms with Gasteiger partial charge in [-0.3, -0.25) is 9.69 Å². The SMILES string of the molecule is O=C(NCC(c1ccco1)N1CCCCC1)C1(c2ccc(F)cc2)CCCC1. The average Bonchev–Trinajstić information content (AvgIpc) is 3.42. The monoisotopic (exact) mass is 384 g/mol. The van der Waals surface area contributed by atoms with Crippen molar-refractivity contribution in [3.05, 3.63) is 59.8 Å². The van der Waals surface area contributed by atoms with Crippen LogP contribution in [0.1, 0.15) is 62.3 Å². The van der Waals surface area contributed by atoms with E-state index in [1.165, 1.54) is 31.4 Å². The quantitative estimate of drug-likeness (QED) is 0.793.